The summed E-state index contributed by atoms with van der Waals surface area (Å²) >= 11 is 0. The van der Waals surface area contributed by atoms with Crippen LogP contribution in [-0.4, -0.2) is 17.1 Å². The number of hydrogen-bond donors (Lipinski definition) is 0. The van der Waals surface area contributed by atoms with Gasteiger partial charge in [0, 0.05) is 16.8 Å². The van der Waals surface area contributed by atoms with Crippen LogP contribution in [-0.2, 0) is 17.3 Å². The molecule has 30 heavy (non-hydrogen) atoms. The number of alkyl halides is 3. The lowest BCUT2D eigenvalue weighted by Gasteiger charge is -2.12. The second kappa shape index (κ2) is 9.37. The molecule has 0 saturated carbocycles. The van der Waals surface area contributed by atoms with Crippen molar-refractivity contribution in [3.8, 4) is 5.69 Å². The zero-order valence-electron chi connectivity index (χ0n) is 17.3. The highest BCUT2D eigenvalue weighted by atomic mass is 19.4. The van der Waals surface area contributed by atoms with Crippen molar-refractivity contribution in [1.29, 1.82) is 0 Å². The number of unbranched alkanes of at least 4 members (excludes halogenated alkanes) is 3. The Morgan fingerprint density at radius 1 is 0.967 bits per heavy atom. The van der Waals surface area contributed by atoms with Gasteiger partial charge in [0.15, 0.2) is 0 Å². The summed E-state index contributed by atoms with van der Waals surface area (Å²) in [7, 11) is 0. The quantitative estimate of drug-likeness (QED) is 0.293. The first-order chi connectivity index (χ1) is 14.3. The minimum atomic E-state index is -4.38. The number of esters is 1. The van der Waals surface area contributed by atoms with Gasteiger partial charge in [-0.25, -0.2) is 4.79 Å². The molecule has 160 valence electrons. The molecule has 0 saturated heterocycles. The van der Waals surface area contributed by atoms with Crippen molar-refractivity contribution in [2.75, 3.05) is 6.61 Å². The number of rotatable bonds is 8. The van der Waals surface area contributed by atoms with Crippen molar-refractivity contribution in [1.82, 2.24) is 4.57 Å². The predicted octanol–water partition coefficient (Wildman–Crippen LogP) is 6.95. The standard InChI is InChI=1S/C24H26F3NO2/c1-3-5-6-7-8-21-16-18-15-19(24(25,26)27)11-14-22(18)28(21)20-12-9-17(10-13-20)23(29)30-4-2/h9-16H,3-8H2,1-2H3. The zero-order chi connectivity index (χ0) is 21.7. The summed E-state index contributed by atoms with van der Waals surface area (Å²) in [6.07, 6.45) is 0.694. The fraction of sp³-hybridized carbons (Fsp3) is 0.375. The number of aromatic nitrogens is 1. The molecule has 1 heterocycles. The number of carbonyl (C=O) groups is 1. The van der Waals surface area contributed by atoms with Crippen molar-refractivity contribution in [3.05, 3.63) is 65.4 Å². The molecule has 0 aliphatic heterocycles. The Morgan fingerprint density at radius 2 is 1.70 bits per heavy atom. The first-order valence-corrected chi connectivity index (χ1v) is 10.3. The first kappa shape index (κ1) is 21.9. The zero-order valence-corrected chi connectivity index (χ0v) is 17.3. The van der Waals surface area contributed by atoms with Crippen LogP contribution in [0.5, 0.6) is 0 Å². The molecule has 0 fully saturated rings. The highest BCUT2D eigenvalue weighted by Gasteiger charge is 2.30. The van der Waals surface area contributed by atoms with Gasteiger partial charge in [-0.15, -0.1) is 0 Å². The molecule has 3 nitrogen and oxygen atoms in total. The molecule has 6 heteroatoms. The molecular weight excluding hydrogens is 391 g/mol. The Labute approximate surface area is 174 Å². The molecule has 0 radical (unpaired) electrons. The van der Waals surface area contributed by atoms with Crippen LogP contribution in [0.1, 0.15) is 61.1 Å². The van der Waals surface area contributed by atoms with Gasteiger partial charge in [-0.1, -0.05) is 26.2 Å². The molecular formula is C24H26F3NO2. The van der Waals surface area contributed by atoms with E-state index in [4.69, 9.17) is 4.74 Å². The third-order valence-corrected chi connectivity index (χ3v) is 5.13. The van der Waals surface area contributed by atoms with Crippen LogP contribution in [0.2, 0.25) is 0 Å². The van der Waals surface area contributed by atoms with Gasteiger partial charge in [-0.05, 0) is 68.3 Å². The summed E-state index contributed by atoms with van der Waals surface area (Å²) in [6, 6.07) is 12.7. The van der Waals surface area contributed by atoms with E-state index in [1.807, 2.05) is 10.6 Å². The maximum absolute atomic E-state index is 13.2. The van der Waals surface area contributed by atoms with Crippen LogP contribution in [0.4, 0.5) is 13.2 Å². The molecule has 0 aliphatic carbocycles. The van der Waals surface area contributed by atoms with E-state index in [1.165, 1.54) is 12.1 Å². The lowest BCUT2D eigenvalue weighted by Crippen LogP contribution is -2.06. The van der Waals surface area contributed by atoms with Crippen LogP contribution in [0.3, 0.4) is 0 Å². The average Bonchev–Trinajstić information content (AvgIpc) is 3.08. The summed E-state index contributed by atoms with van der Waals surface area (Å²) in [6.45, 7) is 4.19. The van der Waals surface area contributed by atoms with Crippen molar-refractivity contribution in [2.24, 2.45) is 0 Å². The van der Waals surface area contributed by atoms with Crippen LogP contribution < -0.4 is 0 Å². The Kier molecular flexibility index (Phi) is 6.85. The molecule has 3 rings (SSSR count). The van der Waals surface area contributed by atoms with Crippen LogP contribution in [0.15, 0.2) is 48.5 Å². The lowest BCUT2D eigenvalue weighted by atomic mass is 10.1. The first-order valence-electron chi connectivity index (χ1n) is 10.3. The molecule has 0 atom stereocenters. The number of hydrogen-bond acceptors (Lipinski definition) is 2. The van der Waals surface area contributed by atoms with E-state index in [1.54, 1.807) is 31.2 Å². The van der Waals surface area contributed by atoms with Gasteiger partial charge in [0.1, 0.15) is 0 Å². The normalized spacial score (nSPS) is 11.8. The summed E-state index contributed by atoms with van der Waals surface area (Å²) in [5, 5.41) is 0.560. The highest BCUT2D eigenvalue weighted by molar-refractivity contribution is 5.90. The number of aryl methyl sites for hydroxylation is 1. The maximum Gasteiger partial charge on any atom is 0.416 e. The smallest absolute Gasteiger partial charge is 0.416 e. The summed E-state index contributed by atoms with van der Waals surface area (Å²) in [5.41, 5.74) is 2.29. The van der Waals surface area contributed by atoms with Gasteiger partial charge < -0.3 is 9.30 Å². The third kappa shape index (κ3) is 4.86. The molecule has 0 unspecified atom stereocenters. The summed E-state index contributed by atoms with van der Waals surface area (Å²) in [4.78, 5) is 11.9. The Morgan fingerprint density at radius 3 is 2.33 bits per heavy atom. The molecule has 1 aromatic heterocycles. The molecule has 3 aromatic rings. The number of halogens is 3. The number of benzene rings is 2. The summed E-state index contributed by atoms with van der Waals surface area (Å²) in [5.74, 6) is -0.393. The fourth-order valence-electron chi connectivity index (χ4n) is 3.63. The van der Waals surface area contributed by atoms with E-state index in [-0.39, 0.29) is 0 Å². The van der Waals surface area contributed by atoms with Crippen LogP contribution >= 0.6 is 0 Å². The predicted molar refractivity (Wildman–Crippen MR) is 112 cm³/mol. The SMILES string of the molecule is CCCCCCc1cc2cc(C(F)(F)F)ccc2n1-c1ccc(C(=O)OCC)cc1. The molecule has 0 bridgehead atoms. The highest BCUT2D eigenvalue weighted by Crippen LogP contribution is 2.34. The van der Waals surface area contributed by atoms with Crippen molar-refractivity contribution in [2.45, 2.75) is 52.1 Å². The third-order valence-electron chi connectivity index (χ3n) is 5.13. The van der Waals surface area contributed by atoms with E-state index in [2.05, 4.69) is 6.92 Å². The Hall–Kier alpha value is -2.76. The average molecular weight is 417 g/mol. The lowest BCUT2D eigenvalue weighted by molar-refractivity contribution is -0.137. The van der Waals surface area contributed by atoms with Gasteiger partial charge >= 0.3 is 12.1 Å². The molecule has 0 spiro atoms. The fourth-order valence-corrected chi connectivity index (χ4v) is 3.63. The molecule has 0 amide bonds. The van der Waals surface area contributed by atoms with Gasteiger partial charge in [0.25, 0.3) is 0 Å². The van der Waals surface area contributed by atoms with E-state index in [0.717, 1.165) is 55.1 Å². The van der Waals surface area contributed by atoms with Crippen molar-refractivity contribution >= 4 is 16.9 Å². The van der Waals surface area contributed by atoms with E-state index >= 15 is 0 Å². The second-order valence-electron chi connectivity index (χ2n) is 7.32. The minimum absolute atomic E-state index is 0.298. The number of nitrogens with zero attached hydrogens (tertiary/aromatic N) is 1. The topological polar surface area (TPSA) is 31.2 Å². The molecule has 0 aliphatic rings. The van der Waals surface area contributed by atoms with Gasteiger partial charge in [-0.2, -0.15) is 13.2 Å². The monoisotopic (exact) mass is 417 g/mol. The van der Waals surface area contributed by atoms with E-state index in [0.29, 0.717) is 17.6 Å². The number of carbonyl (C=O) groups excluding carboxylic acids is 1. The maximum atomic E-state index is 13.2. The van der Waals surface area contributed by atoms with Crippen LogP contribution in [0, 0.1) is 0 Å². The van der Waals surface area contributed by atoms with Crippen molar-refractivity contribution < 1.29 is 22.7 Å². The van der Waals surface area contributed by atoms with Crippen LogP contribution in [0.25, 0.3) is 16.6 Å². The second-order valence-corrected chi connectivity index (χ2v) is 7.32. The van der Waals surface area contributed by atoms with E-state index < -0.39 is 17.7 Å². The molecule has 2 aromatic carbocycles. The number of ether oxygens (including phenoxy) is 1. The van der Waals surface area contributed by atoms with Crippen molar-refractivity contribution in [3.63, 3.8) is 0 Å². The Balaban J connectivity index is 2.02. The Bertz CT molecular complexity index is 1000. The van der Waals surface area contributed by atoms with E-state index in [9.17, 15) is 18.0 Å². The van der Waals surface area contributed by atoms with Gasteiger partial charge in [0.2, 0.25) is 0 Å². The van der Waals surface area contributed by atoms with Gasteiger partial charge in [0.05, 0.1) is 23.3 Å². The van der Waals surface area contributed by atoms with Gasteiger partial charge in [-0.3, -0.25) is 0 Å². The molecule has 0 N–H and O–H groups in total. The summed E-state index contributed by atoms with van der Waals surface area (Å²) < 4.78 is 46.5. The minimum Gasteiger partial charge on any atom is -0.462 e. The largest absolute Gasteiger partial charge is 0.462 e. The number of fused-ring (bicyclic) bond motifs is 1.